The Morgan fingerprint density at radius 1 is 0.806 bits per heavy atom. The van der Waals surface area contributed by atoms with Gasteiger partial charge in [-0.2, -0.15) is 0 Å². The molecule has 1 aromatic carbocycles. The zero-order chi connectivity index (χ0) is 23.0. The van der Waals surface area contributed by atoms with E-state index >= 15 is 0 Å². The van der Waals surface area contributed by atoms with Crippen LogP contribution in [0.1, 0.15) is 123 Å². The van der Waals surface area contributed by atoms with Crippen molar-refractivity contribution in [2.24, 2.45) is 11.7 Å². The van der Waals surface area contributed by atoms with Crippen LogP contribution in [0.2, 0.25) is 0 Å². The fourth-order valence-corrected chi connectivity index (χ4v) is 4.36. The highest BCUT2D eigenvalue weighted by Gasteiger charge is 2.25. The van der Waals surface area contributed by atoms with E-state index in [0.717, 1.165) is 18.4 Å². The summed E-state index contributed by atoms with van der Waals surface area (Å²) >= 11 is 0. The first-order chi connectivity index (χ1) is 14.8. The number of rotatable bonds is 19. The topological polar surface area (TPSA) is 69.2 Å². The summed E-state index contributed by atoms with van der Waals surface area (Å²) in [7, 11) is 0. The fourth-order valence-electron chi connectivity index (χ4n) is 4.36. The molecule has 1 rings (SSSR count). The van der Waals surface area contributed by atoms with Crippen LogP contribution >= 0.6 is 0 Å². The van der Waals surface area contributed by atoms with Crippen molar-refractivity contribution >= 4 is 5.69 Å². The number of non-ortho nitro benzene ring substituents is 1. The molecule has 4 nitrogen and oxygen atoms in total. The molecular formula is C27H48N2O2. The number of nitro groups is 1. The number of benzene rings is 1. The second kappa shape index (κ2) is 16.2. The van der Waals surface area contributed by atoms with E-state index < -0.39 is 0 Å². The van der Waals surface area contributed by atoms with Gasteiger partial charge < -0.3 is 5.73 Å². The van der Waals surface area contributed by atoms with Gasteiger partial charge in [-0.05, 0) is 38.2 Å². The van der Waals surface area contributed by atoms with Gasteiger partial charge in [-0.15, -0.1) is 0 Å². The molecule has 31 heavy (non-hydrogen) atoms. The number of nitro benzene ring substituents is 1. The Labute approximate surface area is 191 Å². The van der Waals surface area contributed by atoms with Crippen LogP contribution in [-0.2, 0) is 6.42 Å². The number of hydrogen-bond donors (Lipinski definition) is 1. The van der Waals surface area contributed by atoms with Crippen LogP contribution in [0.3, 0.4) is 0 Å². The van der Waals surface area contributed by atoms with Gasteiger partial charge in [0.15, 0.2) is 0 Å². The smallest absolute Gasteiger partial charge is 0.269 e. The molecule has 0 radical (unpaired) electrons. The fraction of sp³-hybridized carbons (Fsp3) is 0.778. The van der Waals surface area contributed by atoms with Crippen molar-refractivity contribution in [2.75, 3.05) is 0 Å². The van der Waals surface area contributed by atoms with Crippen molar-refractivity contribution < 1.29 is 4.92 Å². The molecule has 0 aliphatic rings. The zero-order valence-corrected chi connectivity index (χ0v) is 20.5. The maximum Gasteiger partial charge on any atom is 0.269 e. The summed E-state index contributed by atoms with van der Waals surface area (Å²) in [5, 5.41) is 10.8. The molecule has 0 amide bonds. The first-order valence-corrected chi connectivity index (χ1v) is 12.9. The minimum atomic E-state index is -0.344. The lowest BCUT2D eigenvalue weighted by Crippen LogP contribution is -2.42. The van der Waals surface area contributed by atoms with Crippen LogP contribution in [-0.4, -0.2) is 10.5 Å². The first kappa shape index (κ1) is 27.6. The van der Waals surface area contributed by atoms with E-state index in [0.29, 0.717) is 5.92 Å². The summed E-state index contributed by atoms with van der Waals surface area (Å²) in [5.41, 5.74) is 7.50. The molecule has 1 unspecified atom stereocenters. The Bertz CT molecular complexity index is 578. The highest BCUT2D eigenvalue weighted by molar-refractivity contribution is 5.33. The summed E-state index contributed by atoms with van der Waals surface area (Å²) in [6.07, 6.45) is 21.2. The van der Waals surface area contributed by atoms with Crippen LogP contribution in [0.15, 0.2) is 24.3 Å². The number of unbranched alkanes of at least 4 members (excludes halogenated alkanes) is 13. The van der Waals surface area contributed by atoms with Crippen molar-refractivity contribution in [3.05, 3.63) is 39.9 Å². The first-order valence-electron chi connectivity index (χ1n) is 12.9. The SMILES string of the molecule is CCCCCCCCCCCCCCCCC(Cc1ccc([N+](=O)[O-])cc1)C(C)(C)N. The number of nitrogens with two attached hydrogens (primary N) is 1. The van der Waals surface area contributed by atoms with Crippen LogP contribution in [0, 0.1) is 16.0 Å². The quantitative estimate of drug-likeness (QED) is 0.136. The number of nitrogens with zero attached hydrogens (tertiary/aromatic N) is 1. The molecule has 0 spiro atoms. The summed E-state index contributed by atoms with van der Waals surface area (Å²) in [4.78, 5) is 10.5. The lowest BCUT2D eigenvalue weighted by Gasteiger charge is -2.31. The molecule has 0 fully saturated rings. The minimum absolute atomic E-state index is 0.152. The average molecular weight is 433 g/mol. The Kier molecular flexibility index (Phi) is 14.5. The molecule has 0 aliphatic carbocycles. The van der Waals surface area contributed by atoms with E-state index in [9.17, 15) is 10.1 Å². The van der Waals surface area contributed by atoms with Crippen LogP contribution in [0.25, 0.3) is 0 Å². The lowest BCUT2D eigenvalue weighted by atomic mass is 9.80. The third-order valence-electron chi connectivity index (χ3n) is 6.59. The summed E-state index contributed by atoms with van der Waals surface area (Å²) in [6, 6.07) is 6.95. The monoisotopic (exact) mass is 432 g/mol. The summed E-state index contributed by atoms with van der Waals surface area (Å²) < 4.78 is 0. The van der Waals surface area contributed by atoms with Crippen molar-refractivity contribution in [3.8, 4) is 0 Å². The molecular weight excluding hydrogens is 384 g/mol. The molecule has 4 heteroatoms. The predicted molar refractivity (Wildman–Crippen MR) is 133 cm³/mol. The van der Waals surface area contributed by atoms with Gasteiger partial charge in [-0.25, -0.2) is 0 Å². The second-order valence-corrected chi connectivity index (χ2v) is 10.0. The van der Waals surface area contributed by atoms with Gasteiger partial charge in [0.25, 0.3) is 5.69 Å². The van der Waals surface area contributed by atoms with Crippen LogP contribution < -0.4 is 5.73 Å². The van der Waals surface area contributed by atoms with Gasteiger partial charge >= 0.3 is 0 Å². The van der Waals surface area contributed by atoms with Crippen molar-refractivity contribution in [1.82, 2.24) is 0 Å². The van der Waals surface area contributed by atoms with Gasteiger partial charge in [0.2, 0.25) is 0 Å². The minimum Gasteiger partial charge on any atom is -0.325 e. The zero-order valence-electron chi connectivity index (χ0n) is 20.5. The molecule has 0 saturated heterocycles. The van der Waals surface area contributed by atoms with E-state index in [1.807, 2.05) is 12.1 Å². The standard InChI is InChI=1S/C27H48N2O2/c1-4-5-6-7-8-9-10-11-12-13-14-15-16-17-18-25(27(2,3)28)23-24-19-21-26(22-20-24)29(30)31/h19-22,25H,4-18,23,28H2,1-3H3. The van der Waals surface area contributed by atoms with Crippen LogP contribution in [0.5, 0.6) is 0 Å². The summed E-state index contributed by atoms with van der Waals surface area (Å²) in [5.74, 6) is 0.395. The molecule has 178 valence electrons. The highest BCUT2D eigenvalue weighted by atomic mass is 16.6. The Hall–Kier alpha value is -1.42. The summed E-state index contributed by atoms with van der Waals surface area (Å²) in [6.45, 7) is 6.49. The normalized spacial score (nSPS) is 12.8. The predicted octanol–water partition coefficient (Wildman–Crippen LogP) is 8.36. The molecule has 0 aliphatic heterocycles. The lowest BCUT2D eigenvalue weighted by molar-refractivity contribution is -0.384. The maximum atomic E-state index is 10.8. The molecule has 0 saturated carbocycles. The van der Waals surface area contributed by atoms with Gasteiger partial charge in [0, 0.05) is 17.7 Å². The highest BCUT2D eigenvalue weighted by Crippen LogP contribution is 2.26. The van der Waals surface area contributed by atoms with Crippen molar-refractivity contribution in [3.63, 3.8) is 0 Å². The van der Waals surface area contributed by atoms with E-state index in [1.54, 1.807) is 12.1 Å². The third-order valence-corrected chi connectivity index (χ3v) is 6.59. The molecule has 2 N–H and O–H groups in total. The van der Waals surface area contributed by atoms with Gasteiger partial charge in [0.1, 0.15) is 0 Å². The number of hydrogen-bond acceptors (Lipinski definition) is 3. The molecule has 1 atom stereocenters. The molecule has 0 heterocycles. The average Bonchev–Trinajstić information content (AvgIpc) is 2.72. The van der Waals surface area contributed by atoms with Gasteiger partial charge in [-0.3, -0.25) is 10.1 Å². The van der Waals surface area contributed by atoms with E-state index in [1.165, 1.54) is 89.9 Å². The maximum absolute atomic E-state index is 10.8. The Morgan fingerprint density at radius 3 is 1.61 bits per heavy atom. The molecule has 0 aromatic heterocycles. The third kappa shape index (κ3) is 13.6. The Balaban J connectivity index is 2.12. The van der Waals surface area contributed by atoms with Gasteiger partial charge in [0.05, 0.1) is 4.92 Å². The van der Waals surface area contributed by atoms with E-state index in [2.05, 4.69) is 20.8 Å². The molecule has 0 bridgehead atoms. The molecule has 1 aromatic rings. The second-order valence-electron chi connectivity index (χ2n) is 10.0. The van der Waals surface area contributed by atoms with Crippen LogP contribution in [0.4, 0.5) is 5.69 Å². The van der Waals surface area contributed by atoms with E-state index in [-0.39, 0.29) is 16.1 Å². The largest absolute Gasteiger partial charge is 0.325 e. The van der Waals surface area contributed by atoms with Gasteiger partial charge in [-0.1, -0.05) is 109 Å². The van der Waals surface area contributed by atoms with Crippen molar-refractivity contribution in [1.29, 1.82) is 0 Å². The van der Waals surface area contributed by atoms with E-state index in [4.69, 9.17) is 5.73 Å². The Morgan fingerprint density at radius 2 is 1.23 bits per heavy atom. The van der Waals surface area contributed by atoms with Crippen molar-refractivity contribution in [2.45, 2.75) is 129 Å².